The maximum atomic E-state index is 11.9. The zero-order chi connectivity index (χ0) is 17.7. The van der Waals surface area contributed by atoms with Crippen molar-refractivity contribution in [1.29, 1.82) is 0 Å². The Morgan fingerprint density at radius 1 is 1.29 bits per heavy atom. The fourth-order valence-corrected chi connectivity index (χ4v) is 2.66. The summed E-state index contributed by atoms with van der Waals surface area (Å²) < 4.78 is 0. The van der Waals surface area contributed by atoms with Crippen molar-refractivity contribution in [2.24, 2.45) is 0 Å². The van der Waals surface area contributed by atoms with Crippen molar-refractivity contribution in [3.63, 3.8) is 0 Å². The van der Waals surface area contributed by atoms with E-state index in [1.807, 2.05) is 25.5 Å². The van der Waals surface area contributed by atoms with Gasteiger partial charge in [-0.2, -0.15) is 0 Å². The molecule has 1 N–H and O–H groups in total. The van der Waals surface area contributed by atoms with Gasteiger partial charge in [0, 0.05) is 43.3 Å². The quantitative estimate of drug-likeness (QED) is 0.886. The molecule has 0 unspecified atom stereocenters. The third-order valence-electron chi connectivity index (χ3n) is 3.96. The number of likely N-dealkylation sites (N-methyl/N-ethyl adjacent to an activating group) is 1. The number of aromatic nitrogens is 2. The van der Waals surface area contributed by atoms with E-state index in [2.05, 4.69) is 49.0 Å². The molecule has 5 heteroatoms. The Bertz CT molecular complexity index is 706. The molecule has 0 bridgehead atoms. The molecule has 2 heterocycles. The lowest BCUT2D eigenvalue weighted by molar-refractivity contribution is -0.129. The second-order valence-corrected chi connectivity index (χ2v) is 7.24. The van der Waals surface area contributed by atoms with Crippen molar-refractivity contribution >= 4 is 16.8 Å². The Balaban J connectivity index is 2.05. The van der Waals surface area contributed by atoms with Gasteiger partial charge in [0.2, 0.25) is 5.91 Å². The normalized spacial score (nSPS) is 11.7. The van der Waals surface area contributed by atoms with Gasteiger partial charge >= 0.3 is 0 Å². The van der Waals surface area contributed by atoms with Crippen LogP contribution >= 0.6 is 0 Å². The minimum absolute atomic E-state index is 0.0391. The van der Waals surface area contributed by atoms with Gasteiger partial charge in [0.25, 0.3) is 0 Å². The first kappa shape index (κ1) is 18.3. The van der Waals surface area contributed by atoms with E-state index in [4.69, 9.17) is 0 Å². The number of nitrogens with one attached hydrogen (secondary N) is 1. The van der Waals surface area contributed by atoms with Gasteiger partial charge in [-0.1, -0.05) is 27.7 Å². The first-order valence-corrected chi connectivity index (χ1v) is 8.51. The van der Waals surface area contributed by atoms with Gasteiger partial charge in [0.05, 0.1) is 17.8 Å². The highest BCUT2D eigenvalue weighted by Crippen LogP contribution is 2.26. The van der Waals surface area contributed by atoms with Crippen LogP contribution in [0.2, 0.25) is 0 Å². The number of rotatable bonds is 6. The molecule has 0 aliphatic carbocycles. The van der Waals surface area contributed by atoms with E-state index in [-0.39, 0.29) is 11.3 Å². The summed E-state index contributed by atoms with van der Waals surface area (Å²) in [5, 5.41) is 4.29. The van der Waals surface area contributed by atoms with Crippen LogP contribution in [-0.2, 0) is 16.8 Å². The molecule has 0 radical (unpaired) electrons. The second-order valence-electron chi connectivity index (χ2n) is 7.24. The van der Waals surface area contributed by atoms with Gasteiger partial charge in [-0.05, 0) is 24.1 Å². The van der Waals surface area contributed by atoms with E-state index in [9.17, 15) is 4.79 Å². The maximum absolute atomic E-state index is 11.9. The summed E-state index contributed by atoms with van der Waals surface area (Å²) in [7, 11) is 1.84. The standard InChI is InChI=1S/C19H28N4O/c1-6-9-23(5)16(24)13-20-11-14-10-15-7-8-21-18(19(2,3)4)17(15)22-12-14/h7-8,10,12,20H,6,9,11,13H2,1-5H3. The van der Waals surface area contributed by atoms with Gasteiger partial charge in [-0.3, -0.25) is 14.8 Å². The third-order valence-corrected chi connectivity index (χ3v) is 3.96. The molecule has 0 aliphatic rings. The van der Waals surface area contributed by atoms with Crippen molar-refractivity contribution < 1.29 is 4.79 Å². The number of nitrogens with zero attached hydrogens (tertiary/aromatic N) is 3. The van der Waals surface area contributed by atoms with Crippen LogP contribution in [0.5, 0.6) is 0 Å². The summed E-state index contributed by atoms with van der Waals surface area (Å²) in [6, 6.07) is 4.10. The number of amides is 1. The van der Waals surface area contributed by atoms with E-state index in [1.165, 1.54) is 0 Å². The van der Waals surface area contributed by atoms with Gasteiger partial charge < -0.3 is 10.2 Å². The molecule has 5 nitrogen and oxygen atoms in total. The lowest BCUT2D eigenvalue weighted by Gasteiger charge is -2.19. The zero-order valence-corrected chi connectivity index (χ0v) is 15.4. The van der Waals surface area contributed by atoms with Crippen LogP contribution in [0.15, 0.2) is 24.5 Å². The highest BCUT2D eigenvalue weighted by molar-refractivity contribution is 5.81. The number of hydrogen-bond acceptors (Lipinski definition) is 4. The second kappa shape index (κ2) is 7.71. The number of fused-ring (bicyclic) bond motifs is 1. The number of pyridine rings is 2. The van der Waals surface area contributed by atoms with E-state index in [1.54, 1.807) is 4.90 Å². The van der Waals surface area contributed by atoms with Crippen molar-refractivity contribution in [1.82, 2.24) is 20.2 Å². The third kappa shape index (κ3) is 4.51. The molecule has 1 amide bonds. The van der Waals surface area contributed by atoms with E-state index in [0.29, 0.717) is 13.1 Å². The molecule has 2 rings (SSSR count). The summed E-state index contributed by atoms with van der Waals surface area (Å²) in [6.45, 7) is 10.3. The van der Waals surface area contributed by atoms with E-state index < -0.39 is 0 Å². The first-order chi connectivity index (χ1) is 11.3. The van der Waals surface area contributed by atoms with E-state index in [0.717, 1.165) is 35.1 Å². The molecule has 0 aromatic carbocycles. The average Bonchev–Trinajstić information content (AvgIpc) is 2.53. The summed E-state index contributed by atoms with van der Waals surface area (Å²) in [5.74, 6) is 0.116. The van der Waals surface area contributed by atoms with Crippen LogP contribution in [0.3, 0.4) is 0 Å². The van der Waals surface area contributed by atoms with Crippen LogP contribution in [-0.4, -0.2) is 40.9 Å². The van der Waals surface area contributed by atoms with Crippen molar-refractivity contribution in [2.45, 2.75) is 46.1 Å². The monoisotopic (exact) mass is 328 g/mol. The topological polar surface area (TPSA) is 58.1 Å². The highest BCUT2D eigenvalue weighted by Gasteiger charge is 2.19. The zero-order valence-electron chi connectivity index (χ0n) is 15.4. The molecule has 24 heavy (non-hydrogen) atoms. The summed E-state index contributed by atoms with van der Waals surface area (Å²) >= 11 is 0. The van der Waals surface area contributed by atoms with Gasteiger partial charge in [-0.15, -0.1) is 0 Å². The van der Waals surface area contributed by atoms with E-state index >= 15 is 0 Å². The number of hydrogen-bond donors (Lipinski definition) is 1. The lowest BCUT2D eigenvalue weighted by Crippen LogP contribution is -2.35. The SMILES string of the molecule is CCCN(C)C(=O)CNCc1cnc2c(C(C)(C)C)nccc2c1. The molecule has 0 fully saturated rings. The Morgan fingerprint density at radius 2 is 2.04 bits per heavy atom. The number of carbonyl (C=O) groups is 1. The smallest absolute Gasteiger partial charge is 0.236 e. The van der Waals surface area contributed by atoms with Crippen LogP contribution in [0.1, 0.15) is 45.4 Å². The predicted octanol–water partition coefficient (Wildman–Crippen LogP) is 2.89. The fraction of sp³-hybridized carbons (Fsp3) is 0.526. The van der Waals surface area contributed by atoms with Crippen LogP contribution in [0.4, 0.5) is 0 Å². The molecule has 2 aromatic heterocycles. The Hall–Kier alpha value is -2.01. The maximum Gasteiger partial charge on any atom is 0.236 e. The first-order valence-electron chi connectivity index (χ1n) is 8.51. The van der Waals surface area contributed by atoms with Gasteiger partial charge in [0.15, 0.2) is 0 Å². The summed E-state index contributed by atoms with van der Waals surface area (Å²) in [5.41, 5.74) is 2.99. The largest absolute Gasteiger partial charge is 0.345 e. The molecule has 130 valence electrons. The van der Waals surface area contributed by atoms with Crippen molar-refractivity contribution in [2.75, 3.05) is 20.1 Å². The Morgan fingerprint density at radius 3 is 2.71 bits per heavy atom. The minimum Gasteiger partial charge on any atom is -0.345 e. The number of carbonyl (C=O) groups excluding carboxylic acids is 1. The van der Waals surface area contributed by atoms with Crippen LogP contribution in [0.25, 0.3) is 10.9 Å². The Labute approximate surface area is 144 Å². The van der Waals surface area contributed by atoms with Crippen molar-refractivity contribution in [3.05, 3.63) is 35.8 Å². The molecule has 0 atom stereocenters. The van der Waals surface area contributed by atoms with Crippen LogP contribution in [0, 0.1) is 0 Å². The van der Waals surface area contributed by atoms with Crippen LogP contribution < -0.4 is 5.32 Å². The summed E-state index contributed by atoms with van der Waals surface area (Å²) in [6.07, 6.45) is 4.68. The van der Waals surface area contributed by atoms with Gasteiger partial charge in [0.1, 0.15) is 0 Å². The van der Waals surface area contributed by atoms with Crippen molar-refractivity contribution in [3.8, 4) is 0 Å². The predicted molar refractivity (Wildman–Crippen MR) is 97.9 cm³/mol. The minimum atomic E-state index is -0.0391. The molecule has 0 aliphatic heterocycles. The van der Waals surface area contributed by atoms with Gasteiger partial charge in [-0.25, -0.2) is 0 Å². The fourth-order valence-electron chi connectivity index (χ4n) is 2.66. The molecule has 0 saturated carbocycles. The lowest BCUT2D eigenvalue weighted by atomic mass is 9.90. The molecular weight excluding hydrogens is 300 g/mol. The molecule has 0 saturated heterocycles. The average molecular weight is 328 g/mol. The summed E-state index contributed by atoms with van der Waals surface area (Å²) in [4.78, 5) is 22.8. The molecule has 0 spiro atoms. The highest BCUT2D eigenvalue weighted by atomic mass is 16.2. The molecule has 2 aromatic rings. The Kier molecular flexibility index (Phi) is 5.89. The molecular formula is C19H28N4O.